The second kappa shape index (κ2) is 10.5. The van der Waals surface area contributed by atoms with Crippen LogP contribution in [0.5, 0.6) is 5.75 Å². The van der Waals surface area contributed by atoms with Gasteiger partial charge in [-0.1, -0.05) is 40.2 Å². The maximum Gasteiger partial charge on any atom is 0.319 e. The van der Waals surface area contributed by atoms with Crippen molar-refractivity contribution < 1.29 is 9.53 Å². The topological polar surface area (TPSA) is 66.5 Å². The van der Waals surface area contributed by atoms with Gasteiger partial charge >= 0.3 is 6.03 Å². The van der Waals surface area contributed by atoms with E-state index in [2.05, 4.69) is 60.3 Å². The van der Waals surface area contributed by atoms with Crippen LogP contribution < -0.4 is 20.3 Å². The molecular weight excluding hydrogens is 388 g/mol. The summed E-state index contributed by atoms with van der Waals surface area (Å²) in [5, 5.41) is 6.14. The van der Waals surface area contributed by atoms with Crippen LogP contribution in [0.3, 0.4) is 0 Å². The first kappa shape index (κ1) is 22.9. The zero-order valence-corrected chi connectivity index (χ0v) is 19.3. The molecule has 1 atom stereocenters. The number of unbranched alkanes of at least 4 members (excludes halogenated alkanes) is 1. The quantitative estimate of drug-likeness (QED) is 0.528. The van der Waals surface area contributed by atoms with Gasteiger partial charge in [0.05, 0.1) is 18.3 Å². The van der Waals surface area contributed by atoms with Crippen molar-refractivity contribution >= 4 is 17.4 Å². The van der Waals surface area contributed by atoms with Crippen molar-refractivity contribution in [2.24, 2.45) is 5.41 Å². The summed E-state index contributed by atoms with van der Waals surface area (Å²) >= 11 is 0. The number of amides is 2. The molecule has 2 N–H and O–H groups in total. The van der Waals surface area contributed by atoms with Gasteiger partial charge in [0.15, 0.2) is 0 Å². The molecule has 6 heteroatoms. The van der Waals surface area contributed by atoms with E-state index < -0.39 is 0 Å². The van der Waals surface area contributed by atoms with E-state index in [1.807, 2.05) is 18.2 Å². The molecule has 168 valence electrons. The van der Waals surface area contributed by atoms with Crippen LogP contribution in [0.1, 0.15) is 65.0 Å². The first-order chi connectivity index (χ1) is 14.9. The first-order valence-corrected chi connectivity index (χ1v) is 11.4. The molecule has 1 aliphatic rings. The molecule has 1 fully saturated rings. The molecule has 2 heterocycles. The van der Waals surface area contributed by atoms with E-state index in [-0.39, 0.29) is 17.5 Å². The highest BCUT2D eigenvalue weighted by atomic mass is 16.5. The summed E-state index contributed by atoms with van der Waals surface area (Å²) in [5.41, 5.74) is 2.66. The molecule has 31 heavy (non-hydrogen) atoms. The number of nitrogens with one attached hydrogen (secondary N) is 2. The second-order valence-electron chi connectivity index (χ2n) is 9.26. The SMILES string of the molecule is CCCCOc1cc(N2CCCC2)ccc1NC(=O)NC(c1cccnc1)C(C)(C)C. The van der Waals surface area contributed by atoms with E-state index in [0.717, 1.165) is 42.9 Å². The average Bonchev–Trinajstić information content (AvgIpc) is 3.28. The summed E-state index contributed by atoms with van der Waals surface area (Å²) in [6.45, 7) is 11.2. The van der Waals surface area contributed by atoms with Gasteiger partial charge in [-0.15, -0.1) is 0 Å². The number of rotatable bonds is 8. The number of nitrogens with zero attached hydrogens (tertiary/aromatic N) is 2. The minimum atomic E-state index is -0.252. The van der Waals surface area contributed by atoms with Crippen LogP contribution in [0.15, 0.2) is 42.7 Å². The van der Waals surface area contributed by atoms with Crippen LogP contribution in [-0.2, 0) is 0 Å². The van der Waals surface area contributed by atoms with Crippen LogP contribution in [0.2, 0.25) is 0 Å². The van der Waals surface area contributed by atoms with E-state index in [1.165, 1.54) is 12.8 Å². The lowest BCUT2D eigenvalue weighted by Gasteiger charge is -2.31. The van der Waals surface area contributed by atoms with Crippen LogP contribution in [-0.4, -0.2) is 30.7 Å². The number of hydrogen-bond donors (Lipinski definition) is 2. The predicted molar refractivity (Wildman–Crippen MR) is 127 cm³/mol. The molecule has 1 saturated heterocycles. The van der Waals surface area contributed by atoms with Crippen molar-refractivity contribution in [3.05, 3.63) is 48.3 Å². The fraction of sp³-hybridized carbons (Fsp3) is 0.520. The number of pyridine rings is 1. The highest BCUT2D eigenvalue weighted by Gasteiger charge is 2.28. The summed E-state index contributed by atoms with van der Waals surface area (Å²) in [4.78, 5) is 19.5. The predicted octanol–water partition coefficient (Wildman–Crippen LogP) is 5.77. The summed E-state index contributed by atoms with van der Waals surface area (Å²) in [5.74, 6) is 0.724. The molecule has 2 amide bonds. The molecule has 0 spiro atoms. The number of benzene rings is 1. The Kier molecular flexibility index (Phi) is 7.77. The van der Waals surface area contributed by atoms with Crippen molar-refractivity contribution in [2.45, 2.75) is 59.4 Å². The highest BCUT2D eigenvalue weighted by molar-refractivity contribution is 5.91. The largest absolute Gasteiger partial charge is 0.491 e. The summed E-state index contributed by atoms with van der Waals surface area (Å²) in [6, 6.07) is 9.53. The number of urea groups is 1. The van der Waals surface area contributed by atoms with Crippen LogP contribution in [0.25, 0.3) is 0 Å². The average molecular weight is 425 g/mol. The molecule has 0 radical (unpaired) electrons. The van der Waals surface area contributed by atoms with Gasteiger partial charge < -0.3 is 20.3 Å². The monoisotopic (exact) mass is 424 g/mol. The Hall–Kier alpha value is -2.76. The molecule has 1 aromatic heterocycles. The van der Waals surface area contributed by atoms with Gasteiger partial charge in [-0.05, 0) is 48.4 Å². The Bertz CT molecular complexity index is 842. The normalized spacial score (nSPS) is 14.9. The standard InChI is InChI=1S/C25H36N4O2/c1-5-6-16-31-22-17-20(29-14-7-8-15-29)11-12-21(22)27-24(30)28-23(25(2,3)4)19-10-9-13-26-18-19/h9-13,17-18,23H,5-8,14-16H2,1-4H3,(H2,27,28,30). The van der Waals surface area contributed by atoms with Gasteiger partial charge in [0.1, 0.15) is 5.75 Å². The Morgan fingerprint density at radius 2 is 2.00 bits per heavy atom. The molecule has 1 unspecified atom stereocenters. The van der Waals surface area contributed by atoms with Gasteiger partial charge in [0, 0.05) is 37.2 Å². The van der Waals surface area contributed by atoms with Crippen molar-refractivity contribution in [3.8, 4) is 5.75 Å². The molecular formula is C25H36N4O2. The molecule has 0 aliphatic carbocycles. The number of hydrogen-bond acceptors (Lipinski definition) is 4. The lowest BCUT2D eigenvalue weighted by atomic mass is 9.83. The zero-order valence-electron chi connectivity index (χ0n) is 19.3. The Balaban J connectivity index is 1.76. The third-order valence-electron chi connectivity index (χ3n) is 5.60. The minimum absolute atomic E-state index is 0.166. The summed E-state index contributed by atoms with van der Waals surface area (Å²) in [7, 11) is 0. The van der Waals surface area contributed by atoms with Crippen LogP contribution in [0.4, 0.5) is 16.2 Å². The zero-order chi connectivity index (χ0) is 22.3. The molecule has 0 bridgehead atoms. The van der Waals surface area contributed by atoms with Crippen LogP contribution >= 0.6 is 0 Å². The Labute approximate surface area is 186 Å². The minimum Gasteiger partial charge on any atom is -0.491 e. The maximum atomic E-state index is 13.0. The van der Waals surface area contributed by atoms with Crippen molar-refractivity contribution in [1.82, 2.24) is 10.3 Å². The molecule has 0 saturated carbocycles. The number of carbonyl (C=O) groups excluding carboxylic acids is 1. The third kappa shape index (κ3) is 6.36. The summed E-state index contributed by atoms with van der Waals surface area (Å²) < 4.78 is 6.06. The molecule has 6 nitrogen and oxygen atoms in total. The van der Waals surface area contributed by atoms with E-state index in [4.69, 9.17) is 4.74 Å². The Morgan fingerprint density at radius 1 is 1.23 bits per heavy atom. The van der Waals surface area contributed by atoms with E-state index in [9.17, 15) is 4.79 Å². The van der Waals surface area contributed by atoms with Gasteiger partial charge in [-0.25, -0.2) is 4.79 Å². The first-order valence-electron chi connectivity index (χ1n) is 11.4. The lowest BCUT2D eigenvalue weighted by molar-refractivity contribution is 0.229. The van der Waals surface area contributed by atoms with E-state index in [0.29, 0.717) is 12.3 Å². The van der Waals surface area contributed by atoms with Gasteiger partial charge in [-0.3, -0.25) is 4.98 Å². The fourth-order valence-electron chi connectivity index (χ4n) is 3.87. The number of carbonyl (C=O) groups is 1. The van der Waals surface area contributed by atoms with Crippen molar-refractivity contribution in [1.29, 1.82) is 0 Å². The number of ether oxygens (including phenoxy) is 1. The molecule has 3 rings (SSSR count). The van der Waals surface area contributed by atoms with Gasteiger partial charge in [-0.2, -0.15) is 0 Å². The van der Waals surface area contributed by atoms with Crippen molar-refractivity contribution in [2.75, 3.05) is 29.9 Å². The third-order valence-corrected chi connectivity index (χ3v) is 5.60. The van der Waals surface area contributed by atoms with E-state index >= 15 is 0 Å². The number of anilines is 2. The van der Waals surface area contributed by atoms with Gasteiger partial charge in [0.25, 0.3) is 0 Å². The summed E-state index contributed by atoms with van der Waals surface area (Å²) in [6.07, 6.45) is 8.03. The van der Waals surface area contributed by atoms with Gasteiger partial charge in [0.2, 0.25) is 0 Å². The number of aromatic nitrogens is 1. The molecule has 1 aliphatic heterocycles. The molecule has 1 aromatic carbocycles. The fourth-order valence-corrected chi connectivity index (χ4v) is 3.87. The smallest absolute Gasteiger partial charge is 0.319 e. The molecule has 2 aromatic rings. The van der Waals surface area contributed by atoms with E-state index in [1.54, 1.807) is 12.4 Å². The highest BCUT2D eigenvalue weighted by Crippen LogP contribution is 2.34. The van der Waals surface area contributed by atoms with Crippen LogP contribution in [0, 0.1) is 5.41 Å². The van der Waals surface area contributed by atoms with Crippen molar-refractivity contribution in [3.63, 3.8) is 0 Å². The maximum absolute atomic E-state index is 13.0. The lowest BCUT2D eigenvalue weighted by Crippen LogP contribution is -2.39. The second-order valence-corrected chi connectivity index (χ2v) is 9.26. The Morgan fingerprint density at radius 3 is 2.65 bits per heavy atom.